The zero-order valence-corrected chi connectivity index (χ0v) is 9.50. The highest BCUT2D eigenvalue weighted by atomic mass is 16.6. The maximum Gasteiger partial charge on any atom is 0.292 e. The fourth-order valence-electron chi connectivity index (χ4n) is 1.89. The van der Waals surface area contributed by atoms with Crippen LogP contribution in [0.1, 0.15) is 23.2 Å². The van der Waals surface area contributed by atoms with Crippen LogP contribution in [0.5, 0.6) is 0 Å². The van der Waals surface area contributed by atoms with Crippen LogP contribution in [0.4, 0.5) is 11.4 Å². The van der Waals surface area contributed by atoms with Crippen molar-refractivity contribution >= 4 is 17.3 Å². The number of nitro benzene ring substituents is 1. The Morgan fingerprint density at radius 1 is 1.50 bits per heavy atom. The molecule has 0 bridgehead atoms. The van der Waals surface area contributed by atoms with Gasteiger partial charge in [0.2, 0.25) is 5.91 Å². The molecule has 1 aromatic carbocycles. The van der Waals surface area contributed by atoms with E-state index in [1.165, 1.54) is 18.2 Å². The van der Waals surface area contributed by atoms with Crippen LogP contribution < -0.4 is 11.1 Å². The third kappa shape index (κ3) is 2.40. The van der Waals surface area contributed by atoms with E-state index in [2.05, 4.69) is 5.32 Å². The first-order valence-corrected chi connectivity index (χ1v) is 5.50. The summed E-state index contributed by atoms with van der Waals surface area (Å²) in [6, 6.07) is 3.92. The van der Waals surface area contributed by atoms with Crippen molar-refractivity contribution in [3.8, 4) is 0 Å². The molecule has 0 aliphatic heterocycles. The van der Waals surface area contributed by atoms with Crippen LogP contribution in [0.25, 0.3) is 0 Å². The van der Waals surface area contributed by atoms with Gasteiger partial charge in [0, 0.05) is 17.7 Å². The van der Waals surface area contributed by atoms with Crippen LogP contribution in [0.15, 0.2) is 18.2 Å². The van der Waals surface area contributed by atoms with Crippen molar-refractivity contribution in [3.05, 3.63) is 33.9 Å². The Bertz CT molecular complexity index is 497. The second-order valence-electron chi connectivity index (χ2n) is 4.32. The van der Waals surface area contributed by atoms with E-state index in [9.17, 15) is 14.9 Å². The third-order valence-electron chi connectivity index (χ3n) is 2.95. The summed E-state index contributed by atoms with van der Waals surface area (Å²) in [6.45, 7) is 0. The van der Waals surface area contributed by atoms with E-state index in [-0.39, 0.29) is 29.1 Å². The van der Waals surface area contributed by atoms with Crippen molar-refractivity contribution in [1.29, 1.82) is 0 Å². The lowest BCUT2D eigenvalue weighted by atomic mass is 9.89. The maximum absolute atomic E-state index is 11.0. The molecule has 4 N–H and O–H groups in total. The smallest absolute Gasteiger partial charge is 0.292 e. The molecule has 18 heavy (non-hydrogen) atoms. The van der Waals surface area contributed by atoms with E-state index in [0.717, 1.165) is 0 Å². The molecule has 1 aliphatic carbocycles. The molecule has 1 aromatic rings. The molecule has 96 valence electrons. The number of primary amides is 1. The lowest BCUT2D eigenvalue weighted by Gasteiger charge is -2.32. The zero-order valence-electron chi connectivity index (χ0n) is 9.50. The van der Waals surface area contributed by atoms with Gasteiger partial charge in [-0.3, -0.25) is 14.9 Å². The third-order valence-corrected chi connectivity index (χ3v) is 2.95. The van der Waals surface area contributed by atoms with Gasteiger partial charge in [-0.2, -0.15) is 0 Å². The van der Waals surface area contributed by atoms with Crippen molar-refractivity contribution in [1.82, 2.24) is 0 Å². The summed E-state index contributed by atoms with van der Waals surface area (Å²) < 4.78 is 0. The Hall–Kier alpha value is -2.15. The minimum absolute atomic E-state index is 0.0122. The van der Waals surface area contributed by atoms with Crippen molar-refractivity contribution in [2.24, 2.45) is 5.73 Å². The Morgan fingerprint density at radius 2 is 2.17 bits per heavy atom. The number of aliphatic hydroxyl groups excluding tert-OH is 1. The molecule has 2 rings (SSSR count). The van der Waals surface area contributed by atoms with Crippen molar-refractivity contribution in [3.63, 3.8) is 0 Å². The normalized spacial score (nSPS) is 22.1. The van der Waals surface area contributed by atoms with E-state index in [1.54, 1.807) is 0 Å². The molecule has 0 atom stereocenters. The Morgan fingerprint density at radius 3 is 2.67 bits per heavy atom. The van der Waals surface area contributed by atoms with Crippen LogP contribution >= 0.6 is 0 Å². The summed E-state index contributed by atoms with van der Waals surface area (Å²) in [6.07, 6.45) is 0.719. The minimum atomic E-state index is -0.637. The highest BCUT2D eigenvalue weighted by Gasteiger charge is 2.29. The number of amides is 1. The van der Waals surface area contributed by atoms with Gasteiger partial charge in [0.05, 0.1) is 11.0 Å². The predicted molar refractivity (Wildman–Crippen MR) is 64.3 cm³/mol. The average molecular weight is 251 g/mol. The van der Waals surface area contributed by atoms with Crippen LogP contribution in [0, 0.1) is 10.1 Å². The summed E-state index contributed by atoms with van der Waals surface area (Å²) in [5.74, 6) is -0.637. The molecule has 0 aromatic heterocycles. The molecule has 7 nitrogen and oxygen atoms in total. The summed E-state index contributed by atoms with van der Waals surface area (Å²) >= 11 is 0. The largest absolute Gasteiger partial charge is 0.393 e. The molecule has 1 amide bonds. The van der Waals surface area contributed by atoms with Gasteiger partial charge in [-0.15, -0.1) is 0 Å². The van der Waals surface area contributed by atoms with Gasteiger partial charge in [0.1, 0.15) is 5.69 Å². The van der Waals surface area contributed by atoms with E-state index in [0.29, 0.717) is 12.8 Å². The number of nitrogens with zero attached hydrogens (tertiary/aromatic N) is 1. The van der Waals surface area contributed by atoms with Crippen LogP contribution in [0.3, 0.4) is 0 Å². The number of aliphatic hydroxyl groups is 1. The van der Waals surface area contributed by atoms with E-state index in [1.807, 2.05) is 0 Å². The van der Waals surface area contributed by atoms with Crippen molar-refractivity contribution in [2.45, 2.75) is 25.0 Å². The number of rotatable bonds is 4. The monoisotopic (exact) mass is 251 g/mol. The molecule has 0 unspecified atom stereocenters. The first-order chi connectivity index (χ1) is 8.47. The number of carbonyl (C=O) groups is 1. The van der Waals surface area contributed by atoms with Crippen molar-refractivity contribution < 1.29 is 14.8 Å². The second kappa shape index (κ2) is 4.61. The topological polar surface area (TPSA) is 118 Å². The molecule has 1 fully saturated rings. The molecule has 1 saturated carbocycles. The summed E-state index contributed by atoms with van der Waals surface area (Å²) in [5.41, 5.74) is 5.49. The van der Waals surface area contributed by atoms with Gasteiger partial charge in [0.25, 0.3) is 5.69 Å². The first-order valence-electron chi connectivity index (χ1n) is 5.50. The minimum Gasteiger partial charge on any atom is -0.393 e. The maximum atomic E-state index is 11.0. The standard InChI is InChI=1S/C11H13N3O4/c12-11(16)6-1-2-10(14(17)18)9(3-6)13-7-4-8(15)5-7/h1-3,7-8,13,15H,4-5H2,(H2,12,16). The highest BCUT2D eigenvalue weighted by Crippen LogP contribution is 2.30. The van der Waals surface area contributed by atoms with E-state index < -0.39 is 10.8 Å². The Labute approximate surface area is 103 Å². The van der Waals surface area contributed by atoms with Crippen LogP contribution in [-0.4, -0.2) is 28.1 Å². The second-order valence-corrected chi connectivity index (χ2v) is 4.32. The summed E-state index contributed by atoms with van der Waals surface area (Å²) in [7, 11) is 0. The van der Waals surface area contributed by atoms with Crippen LogP contribution in [0.2, 0.25) is 0 Å². The number of hydrogen-bond donors (Lipinski definition) is 3. The molecule has 0 heterocycles. The number of carbonyl (C=O) groups excluding carboxylic acids is 1. The Balaban J connectivity index is 2.26. The number of nitrogens with one attached hydrogen (secondary N) is 1. The summed E-state index contributed by atoms with van der Waals surface area (Å²) in [4.78, 5) is 21.4. The van der Waals surface area contributed by atoms with Gasteiger partial charge in [-0.1, -0.05) is 0 Å². The van der Waals surface area contributed by atoms with Crippen molar-refractivity contribution in [2.75, 3.05) is 5.32 Å². The zero-order chi connectivity index (χ0) is 13.3. The SMILES string of the molecule is NC(=O)c1ccc([N+](=O)[O-])c(NC2CC(O)C2)c1. The van der Waals surface area contributed by atoms with Gasteiger partial charge < -0.3 is 16.2 Å². The van der Waals surface area contributed by atoms with Gasteiger partial charge in [-0.25, -0.2) is 0 Å². The van der Waals surface area contributed by atoms with Crippen LogP contribution in [-0.2, 0) is 0 Å². The fourth-order valence-corrected chi connectivity index (χ4v) is 1.89. The number of nitrogens with two attached hydrogens (primary N) is 1. The average Bonchev–Trinajstić information content (AvgIpc) is 2.26. The molecular weight excluding hydrogens is 238 g/mol. The van der Waals surface area contributed by atoms with E-state index in [4.69, 9.17) is 10.8 Å². The van der Waals surface area contributed by atoms with Gasteiger partial charge in [-0.05, 0) is 25.0 Å². The van der Waals surface area contributed by atoms with E-state index >= 15 is 0 Å². The van der Waals surface area contributed by atoms with Gasteiger partial charge in [0.15, 0.2) is 0 Å². The molecular formula is C11H13N3O4. The number of nitro groups is 1. The fraction of sp³-hybridized carbons (Fsp3) is 0.364. The number of anilines is 1. The lowest BCUT2D eigenvalue weighted by molar-refractivity contribution is -0.384. The highest BCUT2D eigenvalue weighted by molar-refractivity contribution is 5.94. The quantitative estimate of drug-likeness (QED) is 0.535. The number of benzene rings is 1. The molecule has 0 spiro atoms. The molecule has 1 aliphatic rings. The summed E-state index contributed by atoms with van der Waals surface area (Å²) in [5, 5.41) is 23.0. The first kappa shape index (κ1) is 12.3. The lowest BCUT2D eigenvalue weighted by Crippen LogP contribution is -2.39. The Kier molecular flexibility index (Phi) is 3.15. The molecule has 7 heteroatoms. The molecule has 0 radical (unpaired) electrons. The predicted octanol–water partition coefficient (Wildman–Crippen LogP) is 0.629. The number of hydrogen-bond acceptors (Lipinski definition) is 5. The molecule has 0 saturated heterocycles. The van der Waals surface area contributed by atoms with Gasteiger partial charge >= 0.3 is 0 Å².